The Kier molecular flexibility index (Phi) is 4.49. The average Bonchev–Trinajstić information content (AvgIpc) is 2.78. The predicted molar refractivity (Wildman–Crippen MR) is 73.7 cm³/mol. The van der Waals surface area contributed by atoms with Gasteiger partial charge in [-0.15, -0.1) is 0 Å². The summed E-state index contributed by atoms with van der Waals surface area (Å²) in [5.74, 6) is 0.484. The number of imidazole rings is 1. The smallest absolute Gasteiger partial charge is 0.138 e. The summed E-state index contributed by atoms with van der Waals surface area (Å²) in [6, 6.07) is 4.58. The lowest BCUT2D eigenvalue weighted by Crippen LogP contribution is -2.13. The molecule has 2 aromatic rings. The van der Waals surface area contributed by atoms with Crippen LogP contribution in [0.5, 0.6) is 0 Å². The fourth-order valence-electron chi connectivity index (χ4n) is 1.67. The molecule has 1 aromatic heterocycles. The molecule has 0 radical (unpaired) electrons. The number of nitrogens with zero attached hydrogens (tertiary/aromatic N) is 1. The quantitative estimate of drug-likeness (QED) is 0.830. The molecule has 2 rings (SSSR count). The van der Waals surface area contributed by atoms with E-state index in [9.17, 15) is 4.39 Å². The summed E-state index contributed by atoms with van der Waals surface area (Å²) < 4.78 is 13.7. The average molecular weight is 312 g/mol. The summed E-state index contributed by atoms with van der Waals surface area (Å²) in [6.07, 6.45) is 2.90. The van der Waals surface area contributed by atoms with E-state index in [4.69, 9.17) is 0 Å². The van der Waals surface area contributed by atoms with E-state index in [-0.39, 0.29) is 5.82 Å². The van der Waals surface area contributed by atoms with Crippen LogP contribution in [-0.4, -0.2) is 16.5 Å². The van der Waals surface area contributed by atoms with Gasteiger partial charge in [-0.2, -0.15) is 0 Å². The van der Waals surface area contributed by atoms with Gasteiger partial charge in [-0.25, -0.2) is 9.37 Å². The Morgan fingerprint density at radius 1 is 1.44 bits per heavy atom. The van der Waals surface area contributed by atoms with Crippen LogP contribution < -0.4 is 5.32 Å². The summed E-state index contributed by atoms with van der Waals surface area (Å²) >= 11 is 3.34. The van der Waals surface area contributed by atoms with Crippen LogP contribution in [0.15, 0.2) is 28.9 Å². The minimum absolute atomic E-state index is 0.262. The molecule has 1 aromatic carbocycles. The van der Waals surface area contributed by atoms with Gasteiger partial charge in [-0.05, 0) is 47.1 Å². The predicted octanol–water partition coefficient (Wildman–Crippen LogP) is 3.48. The highest BCUT2D eigenvalue weighted by atomic mass is 79.9. The maximum Gasteiger partial charge on any atom is 0.138 e. The number of hydrogen-bond acceptors (Lipinski definition) is 2. The first-order valence-electron chi connectivity index (χ1n) is 5.90. The zero-order valence-electron chi connectivity index (χ0n) is 10.1. The summed E-state index contributed by atoms with van der Waals surface area (Å²) in [5.41, 5.74) is 1.88. The third-order valence-corrected chi connectivity index (χ3v) is 3.21. The van der Waals surface area contributed by atoms with Crippen molar-refractivity contribution in [3.63, 3.8) is 0 Å². The van der Waals surface area contributed by atoms with Gasteiger partial charge >= 0.3 is 0 Å². The van der Waals surface area contributed by atoms with E-state index in [0.29, 0.717) is 4.47 Å². The highest BCUT2D eigenvalue weighted by molar-refractivity contribution is 9.10. The van der Waals surface area contributed by atoms with Crippen molar-refractivity contribution >= 4 is 15.9 Å². The van der Waals surface area contributed by atoms with Gasteiger partial charge in [0.1, 0.15) is 11.6 Å². The van der Waals surface area contributed by atoms with Gasteiger partial charge in [0.15, 0.2) is 0 Å². The van der Waals surface area contributed by atoms with Crippen molar-refractivity contribution in [1.82, 2.24) is 15.3 Å². The van der Waals surface area contributed by atoms with E-state index in [2.05, 4.69) is 38.1 Å². The summed E-state index contributed by atoms with van der Waals surface area (Å²) in [7, 11) is 0. The SMILES string of the molecule is CCCNCc1cnc(-c2ccc(F)cc2Br)[nH]1. The maximum absolute atomic E-state index is 13.0. The normalized spacial score (nSPS) is 10.8. The number of aromatic amines is 1. The lowest BCUT2D eigenvalue weighted by atomic mass is 10.2. The second-order valence-corrected chi connectivity index (χ2v) is 4.91. The minimum atomic E-state index is -0.262. The number of H-pyrrole nitrogens is 1. The highest BCUT2D eigenvalue weighted by Crippen LogP contribution is 2.26. The lowest BCUT2D eigenvalue weighted by molar-refractivity contribution is 0.627. The fraction of sp³-hybridized carbons (Fsp3) is 0.308. The molecule has 0 saturated carbocycles. The standard InChI is InChI=1S/C13H15BrFN3/c1-2-5-16-7-10-8-17-13(18-10)11-4-3-9(15)6-12(11)14/h3-4,6,8,16H,2,5,7H2,1H3,(H,17,18). The van der Waals surface area contributed by atoms with E-state index in [0.717, 1.165) is 36.6 Å². The molecule has 0 aliphatic rings. The lowest BCUT2D eigenvalue weighted by Gasteiger charge is -2.02. The van der Waals surface area contributed by atoms with Crippen LogP contribution in [0, 0.1) is 5.82 Å². The third kappa shape index (κ3) is 3.17. The first-order valence-corrected chi connectivity index (χ1v) is 6.70. The van der Waals surface area contributed by atoms with Crippen molar-refractivity contribution in [2.75, 3.05) is 6.54 Å². The minimum Gasteiger partial charge on any atom is -0.341 e. The monoisotopic (exact) mass is 311 g/mol. The molecule has 0 aliphatic heterocycles. The molecule has 3 nitrogen and oxygen atoms in total. The van der Waals surface area contributed by atoms with Crippen molar-refractivity contribution in [2.45, 2.75) is 19.9 Å². The summed E-state index contributed by atoms with van der Waals surface area (Å²) in [6.45, 7) is 3.87. The van der Waals surface area contributed by atoms with Crippen molar-refractivity contribution in [1.29, 1.82) is 0 Å². The van der Waals surface area contributed by atoms with E-state index >= 15 is 0 Å². The van der Waals surface area contributed by atoms with E-state index < -0.39 is 0 Å². The Hall–Kier alpha value is -1.20. The van der Waals surface area contributed by atoms with Crippen LogP contribution in [0.1, 0.15) is 19.0 Å². The number of halogens is 2. The van der Waals surface area contributed by atoms with Crippen molar-refractivity contribution in [2.24, 2.45) is 0 Å². The van der Waals surface area contributed by atoms with Crippen LogP contribution in [0.3, 0.4) is 0 Å². The number of rotatable bonds is 5. The Labute approximate surface area is 114 Å². The molecular formula is C13H15BrFN3. The van der Waals surface area contributed by atoms with Gasteiger partial charge in [0.05, 0.1) is 0 Å². The molecule has 0 bridgehead atoms. The Balaban J connectivity index is 2.13. The maximum atomic E-state index is 13.0. The Morgan fingerprint density at radius 3 is 3.00 bits per heavy atom. The summed E-state index contributed by atoms with van der Waals surface area (Å²) in [5, 5.41) is 3.30. The Bertz CT molecular complexity index is 525. The molecule has 0 unspecified atom stereocenters. The molecule has 0 saturated heterocycles. The molecule has 2 N–H and O–H groups in total. The van der Waals surface area contributed by atoms with Crippen LogP contribution in [-0.2, 0) is 6.54 Å². The van der Waals surface area contributed by atoms with Gasteiger partial charge in [0.2, 0.25) is 0 Å². The molecule has 5 heteroatoms. The molecular weight excluding hydrogens is 297 g/mol. The van der Waals surface area contributed by atoms with Crippen LogP contribution in [0.4, 0.5) is 4.39 Å². The molecule has 0 amide bonds. The molecule has 1 heterocycles. The fourth-order valence-corrected chi connectivity index (χ4v) is 2.21. The number of benzene rings is 1. The molecule has 0 atom stereocenters. The van der Waals surface area contributed by atoms with Gasteiger partial charge < -0.3 is 10.3 Å². The largest absolute Gasteiger partial charge is 0.341 e. The number of nitrogens with one attached hydrogen (secondary N) is 2. The van der Waals surface area contributed by atoms with Crippen molar-refractivity contribution in [3.05, 3.63) is 40.4 Å². The van der Waals surface area contributed by atoms with Gasteiger partial charge in [-0.3, -0.25) is 0 Å². The summed E-state index contributed by atoms with van der Waals surface area (Å²) in [4.78, 5) is 7.53. The number of hydrogen-bond donors (Lipinski definition) is 2. The molecule has 0 spiro atoms. The Morgan fingerprint density at radius 2 is 2.28 bits per heavy atom. The van der Waals surface area contributed by atoms with Crippen LogP contribution >= 0.6 is 15.9 Å². The first-order chi connectivity index (χ1) is 8.70. The zero-order valence-corrected chi connectivity index (χ0v) is 11.7. The second-order valence-electron chi connectivity index (χ2n) is 4.06. The third-order valence-electron chi connectivity index (χ3n) is 2.56. The highest BCUT2D eigenvalue weighted by Gasteiger charge is 2.08. The molecule has 96 valence electrons. The number of aromatic nitrogens is 2. The zero-order chi connectivity index (χ0) is 13.0. The van der Waals surface area contributed by atoms with Crippen molar-refractivity contribution < 1.29 is 4.39 Å². The van der Waals surface area contributed by atoms with E-state index in [1.165, 1.54) is 12.1 Å². The van der Waals surface area contributed by atoms with E-state index in [1.54, 1.807) is 12.3 Å². The van der Waals surface area contributed by atoms with Gasteiger partial charge in [0, 0.05) is 28.5 Å². The van der Waals surface area contributed by atoms with Crippen molar-refractivity contribution in [3.8, 4) is 11.4 Å². The molecule has 0 fully saturated rings. The molecule has 0 aliphatic carbocycles. The second kappa shape index (κ2) is 6.11. The van der Waals surface area contributed by atoms with Crippen LogP contribution in [0.25, 0.3) is 11.4 Å². The topological polar surface area (TPSA) is 40.7 Å². The van der Waals surface area contributed by atoms with Gasteiger partial charge in [-0.1, -0.05) is 6.92 Å². The van der Waals surface area contributed by atoms with E-state index in [1.807, 2.05) is 0 Å². The van der Waals surface area contributed by atoms with Gasteiger partial charge in [0.25, 0.3) is 0 Å². The van der Waals surface area contributed by atoms with Crippen LogP contribution in [0.2, 0.25) is 0 Å². The molecule has 18 heavy (non-hydrogen) atoms. The first kappa shape index (κ1) is 13.2.